The predicted octanol–water partition coefficient (Wildman–Crippen LogP) is 2.94. The average molecular weight is 393 g/mol. The summed E-state index contributed by atoms with van der Waals surface area (Å²) >= 11 is 0. The molecular formula is C23H27N3O3. The summed E-state index contributed by atoms with van der Waals surface area (Å²) in [5, 5.41) is 3.31. The van der Waals surface area contributed by atoms with Gasteiger partial charge in [0.2, 0.25) is 5.91 Å². The average Bonchev–Trinajstić information content (AvgIpc) is 2.71. The van der Waals surface area contributed by atoms with Gasteiger partial charge in [0.25, 0.3) is 5.56 Å². The van der Waals surface area contributed by atoms with E-state index in [1.54, 1.807) is 24.3 Å². The summed E-state index contributed by atoms with van der Waals surface area (Å²) in [5.74, 6) is -0.252. The number of carbonyl (C=O) groups is 1. The lowest BCUT2D eigenvalue weighted by molar-refractivity contribution is -0.122. The van der Waals surface area contributed by atoms with Gasteiger partial charge in [0.15, 0.2) is 0 Å². The molecule has 0 radical (unpaired) electrons. The number of nitrogens with one attached hydrogen (secondary N) is 1. The molecule has 0 aliphatic rings. The normalized spacial score (nSPS) is 12.1. The summed E-state index contributed by atoms with van der Waals surface area (Å²) in [6.45, 7) is 7.64. The zero-order valence-corrected chi connectivity index (χ0v) is 17.4. The Kier molecular flexibility index (Phi) is 6.01. The van der Waals surface area contributed by atoms with Gasteiger partial charge in [0, 0.05) is 6.04 Å². The molecule has 0 spiro atoms. The van der Waals surface area contributed by atoms with Crippen molar-refractivity contribution < 1.29 is 4.79 Å². The summed E-state index contributed by atoms with van der Waals surface area (Å²) in [6.07, 6.45) is 1.48. The Morgan fingerprint density at radius 1 is 1.10 bits per heavy atom. The largest absolute Gasteiger partial charge is 0.352 e. The summed E-state index contributed by atoms with van der Waals surface area (Å²) in [6, 6.07) is 12.7. The second-order valence-electron chi connectivity index (χ2n) is 7.39. The van der Waals surface area contributed by atoms with Gasteiger partial charge in [-0.25, -0.2) is 9.36 Å². The molecule has 29 heavy (non-hydrogen) atoms. The van der Waals surface area contributed by atoms with Crippen LogP contribution in [0.2, 0.25) is 0 Å². The molecule has 0 fully saturated rings. The highest BCUT2D eigenvalue weighted by Gasteiger charge is 2.18. The van der Waals surface area contributed by atoms with E-state index in [0.29, 0.717) is 23.0 Å². The highest BCUT2D eigenvalue weighted by molar-refractivity contribution is 5.82. The van der Waals surface area contributed by atoms with Crippen LogP contribution in [-0.4, -0.2) is 21.1 Å². The number of rotatable bonds is 6. The monoisotopic (exact) mass is 393 g/mol. The van der Waals surface area contributed by atoms with Crippen LogP contribution in [0.4, 0.5) is 0 Å². The van der Waals surface area contributed by atoms with E-state index in [1.807, 2.05) is 45.9 Å². The second kappa shape index (κ2) is 8.47. The molecule has 3 rings (SSSR count). The highest BCUT2D eigenvalue weighted by Crippen LogP contribution is 2.15. The van der Waals surface area contributed by atoms with Crippen LogP contribution in [0.25, 0.3) is 16.6 Å². The van der Waals surface area contributed by atoms with Gasteiger partial charge >= 0.3 is 5.69 Å². The Hall–Kier alpha value is -3.15. The van der Waals surface area contributed by atoms with Gasteiger partial charge < -0.3 is 5.32 Å². The first-order valence-electron chi connectivity index (χ1n) is 10.0. The van der Waals surface area contributed by atoms with E-state index >= 15 is 0 Å². The quantitative estimate of drug-likeness (QED) is 0.700. The summed E-state index contributed by atoms with van der Waals surface area (Å²) in [4.78, 5) is 39.2. The highest BCUT2D eigenvalue weighted by atomic mass is 16.2. The van der Waals surface area contributed by atoms with Crippen molar-refractivity contribution >= 4 is 16.8 Å². The van der Waals surface area contributed by atoms with Crippen LogP contribution in [0, 0.1) is 6.92 Å². The number of para-hydroxylation sites is 1. The molecule has 1 N–H and O–H groups in total. The molecule has 0 saturated carbocycles. The third-order valence-corrected chi connectivity index (χ3v) is 5.23. The standard InChI is InChI=1S/C23H27N3O3/c1-5-16(4)24-21(27)14-25-20-12-11-15(3)13-18(20)22(28)26(23(25)29)19-10-8-7-9-17(19)6-2/h7-13,16H,5-6,14H2,1-4H3,(H,24,27). The van der Waals surface area contributed by atoms with Gasteiger partial charge in [0.05, 0.1) is 16.6 Å². The maximum absolute atomic E-state index is 13.4. The van der Waals surface area contributed by atoms with Crippen LogP contribution in [0.5, 0.6) is 0 Å². The van der Waals surface area contributed by atoms with E-state index in [9.17, 15) is 14.4 Å². The van der Waals surface area contributed by atoms with Crippen LogP contribution < -0.4 is 16.6 Å². The molecule has 0 saturated heterocycles. The number of aryl methyl sites for hydroxylation is 2. The van der Waals surface area contributed by atoms with Gasteiger partial charge in [-0.2, -0.15) is 0 Å². The maximum Gasteiger partial charge on any atom is 0.336 e. The summed E-state index contributed by atoms with van der Waals surface area (Å²) in [5.41, 5.74) is 1.97. The van der Waals surface area contributed by atoms with E-state index in [-0.39, 0.29) is 24.1 Å². The van der Waals surface area contributed by atoms with Crippen LogP contribution in [0.3, 0.4) is 0 Å². The van der Waals surface area contributed by atoms with Crippen molar-refractivity contribution in [3.05, 3.63) is 74.4 Å². The lowest BCUT2D eigenvalue weighted by atomic mass is 10.1. The van der Waals surface area contributed by atoms with E-state index in [4.69, 9.17) is 0 Å². The molecular weight excluding hydrogens is 366 g/mol. The van der Waals surface area contributed by atoms with Crippen molar-refractivity contribution in [2.45, 2.75) is 53.1 Å². The molecule has 1 amide bonds. The molecule has 1 unspecified atom stereocenters. The molecule has 6 nitrogen and oxygen atoms in total. The van der Waals surface area contributed by atoms with Gasteiger partial charge in [-0.1, -0.05) is 43.7 Å². The lowest BCUT2D eigenvalue weighted by Crippen LogP contribution is -2.43. The van der Waals surface area contributed by atoms with Crippen molar-refractivity contribution in [1.29, 1.82) is 0 Å². The minimum Gasteiger partial charge on any atom is -0.352 e. The second-order valence-corrected chi connectivity index (χ2v) is 7.39. The number of benzene rings is 2. The fraction of sp³-hybridized carbons (Fsp3) is 0.348. The number of hydrogen-bond acceptors (Lipinski definition) is 3. The topological polar surface area (TPSA) is 73.1 Å². The summed E-state index contributed by atoms with van der Waals surface area (Å²) in [7, 11) is 0. The number of fused-ring (bicyclic) bond motifs is 1. The smallest absolute Gasteiger partial charge is 0.336 e. The van der Waals surface area contributed by atoms with Gasteiger partial charge in [0.1, 0.15) is 6.54 Å². The zero-order valence-electron chi connectivity index (χ0n) is 17.4. The molecule has 3 aromatic rings. The Morgan fingerprint density at radius 2 is 1.83 bits per heavy atom. The first kappa shape index (κ1) is 20.6. The van der Waals surface area contributed by atoms with Crippen LogP contribution >= 0.6 is 0 Å². The first-order chi connectivity index (χ1) is 13.9. The number of amides is 1. The predicted molar refractivity (Wildman–Crippen MR) is 116 cm³/mol. The van der Waals surface area contributed by atoms with E-state index in [2.05, 4.69) is 5.32 Å². The fourth-order valence-corrected chi connectivity index (χ4v) is 3.45. The van der Waals surface area contributed by atoms with Crippen LogP contribution in [-0.2, 0) is 17.8 Å². The molecule has 1 atom stereocenters. The Balaban J connectivity index is 2.29. The minimum atomic E-state index is -0.508. The lowest BCUT2D eigenvalue weighted by Gasteiger charge is -2.17. The molecule has 0 aliphatic heterocycles. The number of nitrogens with zero attached hydrogens (tertiary/aromatic N) is 2. The molecule has 0 bridgehead atoms. The van der Waals surface area contributed by atoms with Crippen molar-refractivity contribution in [3.8, 4) is 5.69 Å². The molecule has 1 heterocycles. The van der Waals surface area contributed by atoms with Crippen LogP contribution in [0.15, 0.2) is 52.1 Å². The van der Waals surface area contributed by atoms with E-state index < -0.39 is 5.69 Å². The van der Waals surface area contributed by atoms with Crippen molar-refractivity contribution in [3.63, 3.8) is 0 Å². The zero-order chi connectivity index (χ0) is 21.1. The maximum atomic E-state index is 13.4. The first-order valence-corrected chi connectivity index (χ1v) is 10.0. The third-order valence-electron chi connectivity index (χ3n) is 5.23. The van der Waals surface area contributed by atoms with E-state index in [0.717, 1.165) is 17.5 Å². The van der Waals surface area contributed by atoms with Crippen molar-refractivity contribution in [1.82, 2.24) is 14.5 Å². The van der Waals surface area contributed by atoms with Gasteiger partial charge in [-0.05, 0) is 50.5 Å². The number of carbonyl (C=O) groups excluding carboxylic acids is 1. The molecule has 6 heteroatoms. The summed E-state index contributed by atoms with van der Waals surface area (Å²) < 4.78 is 2.58. The molecule has 152 valence electrons. The number of hydrogen-bond donors (Lipinski definition) is 1. The Morgan fingerprint density at radius 3 is 2.52 bits per heavy atom. The van der Waals surface area contributed by atoms with Crippen molar-refractivity contribution in [2.75, 3.05) is 0 Å². The van der Waals surface area contributed by atoms with E-state index in [1.165, 1.54) is 9.13 Å². The minimum absolute atomic E-state index is 0.0124. The SMILES string of the molecule is CCc1ccccc1-n1c(=O)c2cc(C)ccc2n(CC(=O)NC(C)CC)c1=O. The molecule has 1 aromatic heterocycles. The molecule has 2 aromatic carbocycles. The number of aromatic nitrogens is 2. The third kappa shape index (κ3) is 4.01. The molecule has 0 aliphatic carbocycles. The van der Waals surface area contributed by atoms with Crippen molar-refractivity contribution in [2.24, 2.45) is 0 Å². The van der Waals surface area contributed by atoms with Gasteiger partial charge in [-0.15, -0.1) is 0 Å². The fourth-order valence-electron chi connectivity index (χ4n) is 3.45. The Labute approximate surface area is 169 Å². The Bertz CT molecular complexity index is 1170. The van der Waals surface area contributed by atoms with Crippen LogP contribution in [0.1, 0.15) is 38.3 Å². The van der Waals surface area contributed by atoms with Gasteiger partial charge in [-0.3, -0.25) is 14.2 Å².